The first kappa shape index (κ1) is 20.4. The molecule has 1 amide bonds. The van der Waals surface area contributed by atoms with Gasteiger partial charge in [0.25, 0.3) is 5.91 Å². The Balaban J connectivity index is 1.80. The van der Waals surface area contributed by atoms with Crippen LogP contribution in [0.2, 0.25) is 0 Å². The fourth-order valence-corrected chi connectivity index (χ4v) is 2.93. The number of anilines is 3. The van der Waals surface area contributed by atoms with E-state index in [0.717, 1.165) is 23.4 Å². The third-order valence-electron chi connectivity index (χ3n) is 4.36. The molecule has 0 aliphatic rings. The smallest absolute Gasteiger partial charge is 0.354 e. The fraction of sp³-hybridized carbons (Fsp3) is 0.182. The van der Waals surface area contributed by atoms with Crippen molar-refractivity contribution in [3.05, 3.63) is 83.7 Å². The largest absolute Gasteiger partial charge is 0.416 e. The maximum atomic E-state index is 13.0. The van der Waals surface area contributed by atoms with Gasteiger partial charge in [-0.25, -0.2) is 0 Å². The molecule has 0 bridgehead atoms. The van der Waals surface area contributed by atoms with E-state index in [0.29, 0.717) is 23.5 Å². The molecule has 3 rings (SSSR count). The number of carbonyl (C=O) groups excluding carboxylic acids is 1. The summed E-state index contributed by atoms with van der Waals surface area (Å²) in [6.07, 6.45) is -1.40. The summed E-state index contributed by atoms with van der Waals surface area (Å²) in [5, 5.41) is 2.98. The zero-order valence-corrected chi connectivity index (χ0v) is 16.0. The molecule has 0 atom stereocenters. The molecule has 0 fully saturated rings. The summed E-state index contributed by atoms with van der Waals surface area (Å²) in [5.74, 6) is -0.207. The van der Waals surface area contributed by atoms with Gasteiger partial charge in [-0.15, -0.1) is 0 Å². The molecule has 0 spiro atoms. The van der Waals surface area contributed by atoms with Crippen molar-refractivity contribution >= 4 is 23.0 Å². The van der Waals surface area contributed by atoms with Crippen LogP contribution in [0.5, 0.6) is 0 Å². The molecule has 1 aromatic heterocycles. The lowest BCUT2D eigenvalue weighted by Gasteiger charge is -2.21. The lowest BCUT2D eigenvalue weighted by Crippen LogP contribution is -2.30. The molecule has 1 N–H and O–H groups in total. The number of hydrogen-bond acceptors (Lipinski definition) is 3. The molecule has 150 valence electrons. The van der Waals surface area contributed by atoms with Gasteiger partial charge in [0.1, 0.15) is 0 Å². The standard InChI is InChI=1S/C22H20F3N3O/c1-3-28(20-6-4-5-15(2)11-20)21(29)16-12-19(14-26-13-16)27-18-9-7-17(8-10-18)22(23,24)25/h4-14,27H,3H2,1-2H3. The van der Waals surface area contributed by atoms with E-state index in [2.05, 4.69) is 10.3 Å². The fourth-order valence-electron chi connectivity index (χ4n) is 2.93. The number of alkyl halides is 3. The number of pyridine rings is 1. The lowest BCUT2D eigenvalue weighted by atomic mass is 10.1. The van der Waals surface area contributed by atoms with Gasteiger partial charge in [0.05, 0.1) is 23.0 Å². The van der Waals surface area contributed by atoms with Crippen molar-refractivity contribution in [1.29, 1.82) is 0 Å². The molecule has 4 nitrogen and oxygen atoms in total. The Labute approximate surface area is 167 Å². The Morgan fingerprint density at radius 2 is 1.76 bits per heavy atom. The van der Waals surface area contributed by atoms with Crippen molar-refractivity contribution in [3.8, 4) is 0 Å². The first-order chi connectivity index (χ1) is 13.8. The van der Waals surface area contributed by atoms with Crippen LogP contribution in [0.15, 0.2) is 67.0 Å². The van der Waals surface area contributed by atoms with E-state index >= 15 is 0 Å². The predicted molar refractivity (Wildman–Crippen MR) is 107 cm³/mol. The number of carbonyl (C=O) groups is 1. The lowest BCUT2D eigenvalue weighted by molar-refractivity contribution is -0.137. The number of nitrogens with one attached hydrogen (secondary N) is 1. The second-order valence-corrected chi connectivity index (χ2v) is 6.55. The van der Waals surface area contributed by atoms with E-state index in [9.17, 15) is 18.0 Å². The summed E-state index contributed by atoms with van der Waals surface area (Å²) >= 11 is 0. The van der Waals surface area contributed by atoms with Crippen LogP contribution >= 0.6 is 0 Å². The van der Waals surface area contributed by atoms with Gasteiger partial charge in [0, 0.05) is 24.1 Å². The highest BCUT2D eigenvalue weighted by molar-refractivity contribution is 6.06. The van der Waals surface area contributed by atoms with Gasteiger partial charge in [0.15, 0.2) is 0 Å². The minimum absolute atomic E-state index is 0.207. The van der Waals surface area contributed by atoms with Gasteiger partial charge in [-0.05, 0) is 61.9 Å². The molecule has 0 radical (unpaired) electrons. The maximum absolute atomic E-state index is 13.0. The van der Waals surface area contributed by atoms with Crippen molar-refractivity contribution in [2.75, 3.05) is 16.8 Å². The maximum Gasteiger partial charge on any atom is 0.416 e. The summed E-state index contributed by atoms with van der Waals surface area (Å²) in [7, 11) is 0. The number of amides is 1. The molecule has 7 heteroatoms. The molecule has 0 saturated heterocycles. The van der Waals surface area contributed by atoms with Crippen molar-refractivity contribution in [2.45, 2.75) is 20.0 Å². The van der Waals surface area contributed by atoms with Crippen LogP contribution in [0.25, 0.3) is 0 Å². The second-order valence-electron chi connectivity index (χ2n) is 6.55. The van der Waals surface area contributed by atoms with Gasteiger partial charge >= 0.3 is 6.18 Å². The minimum Gasteiger partial charge on any atom is -0.354 e. The normalized spacial score (nSPS) is 11.2. The monoisotopic (exact) mass is 399 g/mol. The van der Waals surface area contributed by atoms with Crippen LogP contribution in [-0.4, -0.2) is 17.4 Å². The zero-order valence-electron chi connectivity index (χ0n) is 16.0. The Morgan fingerprint density at radius 3 is 2.38 bits per heavy atom. The number of aromatic nitrogens is 1. The number of aryl methyl sites for hydroxylation is 1. The Bertz CT molecular complexity index is 1000. The molecule has 0 aliphatic carbocycles. The summed E-state index contributed by atoms with van der Waals surface area (Å²) < 4.78 is 38.1. The van der Waals surface area contributed by atoms with Crippen molar-refractivity contribution in [3.63, 3.8) is 0 Å². The van der Waals surface area contributed by atoms with Crippen LogP contribution in [0, 0.1) is 6.92 Å². The number of halogens is 3. The molecule has 0 saturated carbocycles. The molecule has 3 aromatic rings. The van der Waals surface area contributed by atoms with E-state index < -0.39 is 11.7 Å². The Morgan fingerprint density at radius 1 is 1.03 bits per heavy atom. The van der Waals surface area contributed by atoms with Gasteiger partial charge in [-0.1, -0.05) is 12.1 Å². The Kier molecular flexibility index (Phi) is 5.87. The van der Waals surface area contributed by atoms with Gasteiger partial charge < -0.3 is 10.2 Å². The van der Waals surface area contributed by atoms with E-state index in [-0.39, 0.29) is 5.91 Å². The third kappa shape index (κ3) is 4.93. The van der Waals surface area contributed by atoms with Crippen LogP contribution < -0.4 is 10.2 Å². The van der Waals surface area contributed by atoms with Crippen LogP contribution in [-0.2, 0) is 6.18 Å². The number of benzene rings is 2. The summed E-state index contributed by atoms with van der Waals surface area (Å²) in [6, 6.07) is 13.9. The predicted octanol–water partition coefficient (Wildman–Crippen LogP) is 5.82. The highest BCUT2D eigenvalue weighted by Crippen LogP contribution is 2.30. The van der Waals surface area contributed by atoms with Crippen molar-refractivity contribution in [1.82, 2.24) is 4.98 Å². The van der Waals surface area contributed by atoms with Crippen LogP contribution in [0.1, 0.15) is 28.4 Å². The van der Waals surface area contributed by atoms with E-state index in [1.54, 1.807) is 11.0 Å². The molecule has 29 heavy (non-hydrogen) atoms. The van der Waals surface area contributed by atoms with Crippen LogP contribution in [0.3, 0.4) is 0 Å². The number of nitrogens with zero attached hydrogens (tertiary/aromatic N) is 2. The van der Waals surface area contributed by atoms with E-state index in [4.69, 9.17) is 0 Å². The van der Waals surface area contributed by atoms with Crippen LogP contribution in [0.4, 0.5) is 30.2 Å². The SMILES string of the molecule is CCN(C(=O)c1cncc(Nc2ccc(C(F)(F)F)cc2)c1)c1cccc(C)c1. The van der Waals surface area contributed by atoms with E-state index in [1.165, 1.54) is 24.5 Å². The molecule has 2 aromatic carbocycles. The van der Waals surface area contributed by atoms with Crippen molar-refractivity contribution in [2.24, 2.45) is 0 Å². The topological polar surface area (TPSA) is 45.2 Å². The highest BCUT2D eigenvalue weighted by atomic mass is 19.4. The first-order valence-corrected chi connectivity index (χ1v) is 9.06. The number of hydrogen-bond donors (Lipinski definition) is 1. The summed E-state index contributed by atoms with van der Waals surface area (Å²) in [5.41, 5.74) is 2.47. The zero-order chi connectivity index (χ0) is 21.0. The third-order valence-corrected chi connectivity index (χ3v) is 4.36. The first-order valence-electron chi connectivity index (χ1n) is 9.06. The average molecular weight is 399 g/mol. The average Bonchev–Trinajstić information content (AvgIpc) is 2.68. The van der Waals surface area contributed by atoms with E-state index in [1.807, 2.05) is 38.1 Å². The van der Waals surface area contributed by atoms with Gasteiger partial charge in [0.2, 0.25) is 0 Å². The second kappa shape index (κ2) is 8.34. The van der Waals surface area contributed by atoms with Crippen molar-refractivity contribution < 1.29 is 18.0 Å². The highest BCUT2D eigenvalue weighted by Gasteiger charge is 2.29. The Hall–Kier alpha value is -3.35. The molecule has 1 heterocycles. The molecular weight excluding hydrogens is 379 g/mol. The summed E-state index contributed by atoms with van der Waals surface area (Å²) in [4.78, 5) is 18.7. The molecule has 0 unspecified atom stereocenters. The molecular formula is C22H20F3N3O. The van der Waals surface area contributed by atoms with Gasteiger partial charge in [-0.2, -0.15) is 13.2 Å². The minimum atomic E-state index is -4.38. The number of rotatable bonds is 5. The quantitative estimate of drug-likeness (QED) is 0.588. The summed E-state index contributed by atoms with van der Waals surface area (Å²) in [6.45, 7) is 4.33. The molecule has 0 aliphatic heterocycles. The van der Waals surface area contributed by atoms with Gasteiger partial charge in [-0.3, -0.25) is 9.78 Å².